The second-order valence-electron chi connectivity index (χ2n) is 4.05. The topological polar surface area (TPSA) is 123 Å². The number of nitrogens with zero attached hydrogens (tertiary/aromatic N) is 2. The van der Waals surface area contributed by atoms with E-state index in [0.717, 1.165) is 0 Å². The van der Waals surface area contributed by atoms with Gasteiger partial charge in [0.25, 0.3) is 0 Å². The average molecular weight is 316 g/mol. The van der Waals surface area contributed by atoms with E-state index in [2.05, 4.69) is 9.47 Å². The third-order valence-electron chi connectivity index (χ3n) is 2.61. The van der Waals surface area contributed by atoms with E-state index in [9.17, 15) is 20.2 Å². The quantitative estimate of drug-likeness (QED) is 0.355. The molecule has 22 heavy (non-hydrogen) atoms. The number of nitro groups is 2. The smallest absolute Gasteiger partial charge is 0.349 e. The Morgan fingerprint density at radius 3 is 1.68 bits per heavy atom. The summed E-state index contributed by atoms with van der Waals surface area (Å²) in [6, 6.07) is 6.19. The van der Waals surface area contributed by atoms with Crippen LogP contribution in [-0.4, -0.2) is 49.7 Å². The molecule has 0 saturated heterocycles. The van der Waals surface area contributed by atoms with Gasteiger partial charge in [0.2, 0.25) is 0 Å². The summed E-state index contributed by atoms with van der Waals surface area (Å²) in [5, 5.41) is 21.2. The minimum absolute atomic E-state index is 0.275. The first-order valence-electron chi connectivity index (χ1n) is 6.16. The first-order chi connectivity index (χ1) is 10.5. The zero-order valence-corrected chi connectivity index (χ0v) is 12.0. The van der Waals surface area contributed by atoms with Crippen LogP contribution in [-0.2, 0) is 9.47 Å². The molecule has 0 aliphatic rings. The number of hydrogen-bond acceptors (Lipinski definition) is 8. The summed E-state index contributed by atoms with van der Waals surface area (Å²) < 4.78 is 19.7. The van der Waals surface area contributed by atoms with Crippen LogP contribution < -0.4 is 9.47 Å². The van der Waals surface area contributed by atoms with Crippen molar-refractivity contribution < 1.29 is 28.8 Å². The van der Waals surface area contributed by atoms with Crippen LogP contribution in [0.2, 0.25) is 0 Å². The van der Waals surface area contributed by atoms with E-state index in [-0.39, 0.29) is 13.2 Å². The molecule has 2 atom stereocenters. The SMILES string of the molecule is COC(COc1cccc(OCC(OC)[N+](=O)[O-])c1)[N+](=O)[O-]. The molecular formula is C12H16N2O8. The highest BCUT2D eigenvalue weighted by atomic mass is 16.7. The minimum atomic E-state index is -1.28. The Labute approximate surface area is 125 Å². The second-order valence-corrected chi connectivity index (χ2v) is 4.05. The molecule has 1 rings (SSSR count). The number of hydrogen-bond donors (Lipinski definition) is 0. The third kappa shape index (κ3) is 5.50. The van der Waals surface area contributed by atoms with Crippen molar-refractivity contribution in [2.75, 3.05) is 27.4 Å². The molecule has 10 heteroatoms. The lowest BCUT2D eigenvalue weighted by molar-refractivity contribution is -0.575. The van der Waals surface area contributed by atoms with Gasteiger partial charge in [-0.3, -0.25) is 20.2 Å². The van der Waals surface area contributed by atoms with Crippen molar-refractivity contribution in [2.45, 2.75) is 12.5 Å². The van der Waals surface area contributed by atoms with Gasteiger partial charge in [-0.05, 0) is 12.1 Å². The van der Waals surface area contributed by atoms with Gasteiger partial charge >= 0.3 is 12.5 Å². The van der Waals surface area contributed by atoms with Crippen LogP contribution in [0.15, 0.2) is 24.3 Å². The standard InChI is InChI=1S/C12H16N2O8/c1-19-11(13(15)16)7-21-9-4-3-5-10(6-9)22-8-12(20-2)14(17)18/h3-6,11-12H,7-8H2,1-2H3. The van der Waals surface area contributed by atoms with Crippen molar-refractivity contribution in [3.8, 4) is 11.5 Å². The molecule has 10 nitrogen and oxygen atoms in total. The van der Waals surface area contributed by atoms with E-state index < -0.39 is 22.3 Å². The number of methoxy groups -OCH3 is 2. The molecule has 0 amide bonds. The van der Waals surface area contributed by atoms with Crippen molar-refractivity contribution in [1.29, 1.82) is 0 Å². The third-order valence-corrected chi connectivity index (χ3v) is 2.61. The van der Waals surface area contributed by atoms with Crippen LogP contribution in [0, 0.1) is 20.2 Å². The van der Waals surface area contributed by atoms with Gasteiger partial charge in [0.05, 0.1) is 9.85 Å². The second kappa shape index (κ2) is 8.74. The number of ether oxygens (including phenoxy) is 4. The molecule has 0 aliphatic heterocycles. The van der Waals surface area contributed by atoms with Crippen molar-refractivity contribution in [3.05, 3.63) is 44.5 Å². The first-order valence-corrected chi connectivity index (χ1v) is 6.16. The Hall–Kier alpha value is -2.46. The van der Waals surface area contributed by atoms with Gasteiger partial charge in [-0.2, -0.15) is 0 Å². The number of benzene rings is 1. The summed E-state index contributed by atoms with van der Waals surface area (Å²) in [5.41, 5.74) is 0. The molecule has 2 unspecified atom stereocenters. The van der Waals surface area contributed by atoms with E-state index in [1.54, 1.807) is 18.2 Å². The molecule has 1 aromatic carbocycles. The molecular weight excluding hydrogens is 300 g/mol. The lowest BCUT2D eigenvalue weighted by Crippen LogP contribution is -2.29. The van der Waals surface area contributed by atoms with Gasteiger partial charge in [0.1, 0.15) is 11.5 Å². The summed E-state index contributed by atoms with van der Waals surface area (Å²) in [6.45, 7) is -0.551. The van der Waals surface area contributed by atoms with Crippen LogP contribution in [0.3, 0.4) is 0 Å². The van der Waals surface area contributed by atoms with Gasteiger partial charge in [0, 0.05) is 20.3 Å². The highest BCUT2D eigenvalue weighted by Gasteiger charge is 2.21. The van der Waals surface area contributed by atoms with Gasteiger partial charge < -0.3 is 18.9 Å². The highest BCUT2D eigenvalue weighted by Crippen LogP contribution is 2.20. The summed E-state index contributed by atoms with van der Waals surface area (Å²) >= 11 is 0. The maximum Gasteiger partial charge on any atom is 0.349 e. The van der Waals surface area contributed by atoms with Crippen LogP contribution in [0.1, 0.15) is 0 Å². The highest BCUT2D eigenvalue weighted by molar-refractivity contribution is 5.32. The fourth-order valence-electron chi connectivity index (χ4n) is 1.42. The van der Waals surface area contributed by atoms with Crippen LogP contribution in [0.4, 0.5) is 0 Å². The Morgan fingerprint density at radius 2 is 1.36 bits per heavy atom. The van der Waals surface area contributed by atoms with E-state index in [0.29, 0.717) is 11.5 Å². The molecule has 0 fully saturated rings. The first kappa shape index (κ1) is 17.6. The molecule has 0 heterocycles. The van der Waals surface area contributed by atoms with Gasteiger partial charge in [-0.15, -0.1) is 0 Å². The Morgan fingerprint density at radius 1 is 0.955 bits per heavy atom. The lowest BCUT2D eigenvalue weighted by atomic mass is 10.3. The van der Waals surface area contributed by atoms with Crippen LogP contribution >= 0.6 is 0 Å². The van der Waals surface area contributed by atoms with Crippen LogP contribution in [0.5, 0.6) is 11.5 Å². The zero-order chi connectivity index (χ0) is 16.5. The lowest BCUT2D eigenvalue weighted by Gasteiger charge is -2.12. The van der Waals surface area contributed by atoms with E-state index in [4.69, 9.17) is 9.47 Å². The van der Waals surface area contributed by atoms with E-state index >= 15 is 0 Å². The molecule has 0 saturated carbocycles. The normalized spacial score (nSPS) is 13.2. The van der Waals surface area contributed by atoms with Gasteiger partial charge in [-0.1, -0.05) is 6.07 Å². The fourth-order valence-corrected chi connectivity index (χ4v) is 1.42. The average Bonchev–Trinajstić information content (AvgIpc) is 2.48. The largest absolute Gasteiger partial charge is 0.483 e. The van der Waals surface area contributed by atoms with Crippen molar-refractivity contribution in [1.82, 2.24) is 0 Å². The summed E-state index contributed by atoms with van der Waals surface area (Å²) in [6.07, 6.45) is -2.56. The molecule has 0 aliphatic carbocycles. The predicted molar refractivity (Wildman–Crippen MR) is 73.0 cm³/mol. The summed E-state index contributed by atoms with van der Waals surface area (Å²) in [5.74, 6) is 0.632. The van der Waals surface area contributed by atoms with E-state index in [1.807, 2.05) is 0 Å². The van der Waals surface area contributed by atoms with Crippen molar-refractivity contribution in [2.24, 2.45) is 0 Å². The minimum Gasteiger partial charge on any atom is -0.483 e. The Kier molecular flexibility index (Phi) is 6.99. The maximum atomic E-state index is 10.6. The summed E-state index contributed by atoms with van der Waals surface area (Å²) in [4.78, 5) is 20.0. The Bertz CT molecular complexity index is 468. The van der Waals surface area contributed by atoms with E-state index in [1.165, 1.54) is 20.3 Å². The predicted octanol–water partition coefficient (Wildman–Crippen LogP) is 0.943. The molecule has 0 aromatic heterocycles. The molecule has 122 valence electrons. The molecule has 0 radical (unpaired) electrons. The number of rotatable bonds is 10. The zero-order valence-electron chi connectivity index (χ0n) is 12.0. The van der Waals surface area contributed by atoms with Crippen molar-refractivity contribution >= 4 is 0 Å². The Balaban J connectivity index is 2.58. The molecule has 0 N–H and O–H groups in total. The van der Waals surface area contributed by atoms with Crippen molar-refractivity contribution in [3.63, 3.8) is 0 Å². The molecule has 1 aromatic rings. The van der Waals surface area contributed by atoms with Gasteiger partial charge in [0.15, 0.2) is 13.2 Å². The monoisotopic (exact) mass is 316 g/mol. The molecule has 0 spiro atoms. The summed E-state index contributed by atoms with van der Waals surface area (Å²) in [7, 11) is 2.41. The molecule has 0 bridgehead atoms. The maximum absolute atomic E-state index is 10.6. The fraction of sp³-hybridized carbons (Fsp3) is 0.500. The van der Waals surface area contributed by atoms with Crippen LogP contribution in [0.25, 0.3) is 0 Å². The van der Waals surface area contributed by atoms with Gasteiger partial charge in [-0.25, -0.2) is 0 Å².